The summed E-state index contributed by atoms with van der Waals surface area (Å²) in [6.45, 7) is 0. The molecule has 1 atom stereocenters. The molecule has 98 valence electrons. The summed E-state index contributed by atoms with van der Waals surface area (Å²) in [5, 5.41) is 0. The maximum Gasteiger partial charge on any atom is 0.175 e. The molecule has 0 radical (unpaired) electrons. The molecule has 0 saturated carbocycles. The smallest absolute Gasteiger partial charge is 0.175 e. The van der Waals surface area contributed by atoms with Crippen molar-refractivity contribution in [3.63, 3.8) is 0 Å². The van der Waals surface area contributed by atoms with Crippen LogP contribution in [-0.2, 0) is 16.6 Å². The van der Waals surface area contributed by atoms with E-state index in [0.717, 1.165) is 10.0 Å². The Bertz CT molecular complexity index is 579. The Morgan fingerprint density at radius 2 is 1.63 bits per heavy atom. The summed E-state index contributed by atoms with van der Waals surface area (Å²) in [5.74, 6) is 0.404. The van der Waals surface area contributed by atoms with Gasteiger partial charge >= 0.3 is 0 Å². The molecule has 0 aliphatic rings. The number of ketones is 1. The molecule has 0 saturated heterocycles. The number of halogens is 1. The lowest BCUT2D eigenvalue weighted by atomic mass is 10.2. The van der Waals surface area contributed by atoms with Gasteiger partial charge in [-0.05, 0) is 17.7 Å². The summed E-state index contributed by atoms with van der Waals surface area (Å²) in [7, 11) is -1.17. The van der Waals surface area contributed by atoms with Crippen LogP contribution in [0, 0.1) is 0 Å². The first kappa shape index (κ1) is 14.2. The second-order valence-electron chi connectivity index (χ2n) is 4.14. The highest BCUT2D eigenvalue weighted by atomic mass is 79.9. The van der Waals surface area contributed by atoms with E-state index in [0.29, 0.717) is 11.3 Å². The Labute approximate surface area is 123 Å². The van der Waals surface area contributed by atoms with Gasteiger partial charge in [0.25, 0.3) is 0 Å². The molecule has 0 amide bonds. The number of benzene rings is 2. The number of hydrogen-bond acceptors (Lipinski definition) is 2. The lowest BCUT2D eigenvalue weighted by molar-refractivity contribution is 0.102. The van der Waals surface area contributed by atoms with E-state index in [2.05, 4.69) is 15.9 Å². The van der Waals surface area contributed by atoms with Crippen molar-refractivity contribution < 1.29 is 9.00 Å². The molecule has 0 bridgehead atoms. The fraction of sp³-hybridized carbons (Fsp3) is 0.133. The molecule has 2 aromatic carbocycles. The summed E-state index contributed by atoms with van der Waals surface area (Å²) in [6.07, 6.45) is 0. The van der Waals surface area contributed by atoms with E-state index in [1.165, 1.54) is 0 Å². The molecule has 1 unspecified atom stereocenters. The molecule has 19 heavy (non-hydrogen) atoms. The van der Waals surface area contributed by atoms with Gasteiger partial charge in [0, 0.05) is 26.6 Å². The quantitative estimate of drug-likeness (QED) is 0.782. The summed E-state index contributed by atoms with van der Waals surface area (Å²) >= 11 is 3.32. The van der Waals surface area contributed by atoms with Gasteiger partial charge in [0.05, 0.1) is 5.75 Å². The maximum absolute atomic E-state index is 11.9. The average molecular weight is 337 g/mol. The van der Waals surface area contributed by atoms with Crippen LogP contribution in [0.4, 0.5) is 0 Å². The molecule has 4 heteroatoms. The fourth-order valence-electron chi connectivity index (χ4n) is 1.68. The van der Waals surface area contributed by atoms with Gasteiger partial charge in [-0.25, -0.2) is 0 Å². The predicted molar refractivity (Wildman–Crippen MR) is 81.6 cm³/mol. The fourth-order valence-corrected chi connectivity index (χ4v) is 3.07. The number of rotatable bonds is 5. The minimum absolute atomic E-state index is 0.0660. The summed E-state index contributed by atoms with van der Waals surface area (Å²) in [6, 6.07) is 16.7. The zero-order valence-electron chi connectivity index (χ0n) is 10.2. The first-order chi connectivity index (χ1) is 9.15. The Hall–Kier alpha value is -1.26. The topological polar surface area (TPSA) is 34.1 Å². The van der Waals surface area contributed by atoms with Crippen molar-refractivity contribution >= 4 is 32.5 Å². The molecule has 2 aromatic rings. The van der Waals surface area contributed by atoms with E-state index in [4.69, 9.17) is 0 Å². The van der Waals surface area contributed by atoms with E-state index in [1.807, 2.05) is 42.5 Å². The number of carbonyl (C=O) groups is 1. The van der Waals surface area contributed by atoms with Gasteiger partial charge < -0.3 is 0 Å². The van der Waals surface area contributed by atoms with Crippen molar-refractivity contribution in [2.45, 2.75) is 5.75 Å². The largest absolute Gasteiger partial charge is 0.293 e. The molecular weight excluding hydrogens is 324 g/mol. The number of Topliss-reactive ketones (excluding diaryl/α,β-unsaturated/α-hetero) is 1. The molecule has 0 aromatic heterocycles. The Balaban J connectivity index is 1.95. The standard InChI is InChI=1S/C15H13BrO2S/c16-14-8-6-13(7-9-14)15(17)11-19(18)10-12-4-2-1-3-5-12/h1-9H,10-11H2. The molecule has 0 heterocycles. The van der Waals surface area contributed by atoms with Gasteiger partial charge in [0.15, 0.2) is 5.78 Å². The van der Waals surface area contributed by atoms with E-state index in [-0.39, 0.29) is 11.5 Å². The monoisotopic (exact) mass is 336 g/mol. The second kappa shape index (κ2) is 6.78. The van der Waals surface area contributed by atoms with Crippen LogP contribution < -0.4 is 0 Å². The first-order valence-electron chi connectivity index (χ1n) is 5.83. The molecule has 0 aliphatic carbocycles. The predicted octanol–water partition coefficient (Wildman–Crippen LogP) is 3.58. The SMILES string of the molecule is O=C(CS(=O)Cc1ccccc1)c1ccc(Br)cc1. The highest BCUT2D eigenvalue weighted by Crippen LogP contribution is 2.12. The van der Waals surface area contributed by atoms with Crippen LogP contribution in [0.2, 0.25) is 0 Å². The van der Waals surface area contributed by atoms with Crippen LogP contribution in [0.15, 0.2) is 59.1 Å². The van der Waals surface area contributed by atoms with Gasteiger partial charge in [-0.3, -0.25) is 9.00 Å². The Kier molecular flexibility index (Phi) is 5.05. The molecule has 2 nitrogen and oxygen atoms in total. The van der Waals surface area contributed by atoms with Crippen LogP contribution in [0.3, 0.4) is 0 Å². The third kappa shape index (κ3) is 4.40. The molecule has 0 aliphatic heterocycles. The highest BCUT2D eigenvalue weighted by Gasteiger charge is 2.11. The Morgan fingerprint density at radius 1 is 1.00 bits per heavy atom. The molecule has 0 N–H and O–H groups in total. The van der Waals surface area contributed by atoms with E-state index >= 15 is 0 Å². The summed E-state index contributed by atoms with van der Waals surface area (Å²) in [4.78, 5) is 11.9. The van der Waals surface area contributed by atoms with Crippen molar-refractivity contribution in [3.05, 3.63) is 70.2 Å². The van der Waals surface area contributed by atoms with E-state index in [9.17, 15) is 9.00 Å². The van der Waals surface area contributed by atoms with Gasteiger partial charge in [-0.1, -0.05) is 58.4 Å². The van der Waals surface area contributed by atoms with Gasteiger partial charge in [0.1, 0.15) is 0 Å². The lowest BCUT2D eigenvalue weighted by Gasteiger charge is -2.03. The average Bonchev–Trinajstić information content (AvgIpc) is 2.40. The van der Waals surface area contributed by atoms with E-state index in [1.54, 1.807) is 12.1 Å². The molecule has 0 fully saturated rings. The zero-order chi connectivity index (χ0) is 13.7. The maximum atomic E-state index is 11.9. The minimum atomic E-state index is -1.17. The second-order valence-corrected chi connectivity index (χ2v) is 6.52. The van der Waals surface area contributed by atoms with Gasteiger partial charge in [-0.2, -0.15) is 0 Å². The third-order valence-corrected chi connectivity index (χ3v) is 4.40. The molecule has 0 spiro atoms. The minimum Gasteiger partial charge on any atom is -0.293 e. The van der Waals surface area contributed by atoms with Crippen molar-refractivity contribution in [1.29, 1.82) is 0 Å². The zero-order valence-corrected chi connectivity index (χ0v) is 12.6. The van der Waals surface area contributed by atoms with Crippen LogP contribution in [0.5, 0.6) is 0 Å². The van der Waals surface area contributed by atoms with Crippen molar-refractivity contribution in [2.75, 3.05) is 5.75 Å². The van der Waals surface area contributed by atoms with Crippen LogP contribution in [0.1, 0.15) is 15.9 Å². The van der Waals surface area contributed by atoms with Gasteiger partial charge in [0.2, 0.25) is 0 Å². The third-order valence-electron chi connectivity index (χ3n) is 2.63. The van der Waals surface area contributed by atoms with Crippen LogP contribution >= 0.6 is 15.9 Å². The van der Waals surface area contributed by atoms with Crippen molar-refractivity contribution in [1.82, 2.24) is 0 Å². The lowest BCUT2D eigenvalue weighted by Crippen LogP contribution is -2.12. The van der Waals surface area contributed by atoms with Crippen molar-refractivity contribution in [3.8, 4) is 0 Å². The summed E-state index contributed by atoms with van der Waals surface area (Å²) < 4.78 is 12.9. The highest BCUT2D eigenvalue weighted by molar-refractivity contribution is 9.10. The molecular formula is C15H13BrO2S. The van der Waals surface area contributed by atoms with Crippen LogP contribution in [0.25, 0.3) is 0 Å². The normalized spacial score (nSPS) is 12.1. The van der Waals surface area contributed by atoms with Crippen molar-refractivity contribution in [2.24, 2.45) is 0 Å². The number of carbonyl (C=O) groups excluding carboxylic acids is 1. The van der Waals surface area contributed by atoms with Gasteiger partial charge in [-0.15, -0.1) is 0 Å². The Morgan fingerprint density at radius 3 is 2.26 bits per heavy atom. The van der Waals surface area contributed by atoms with Crippen LogP contribution in [-0.4, -0.2) is 15.7 Å². The molecule has 2 rings (SSSR count). The first-order valence-corrected chi connectivity index (χ1v) is 8.11. The number of hydrogen-bond donors (Lipinski definition) is 0. The summed E-state index contributed by atoms with van der Waals surface area (Å²) in [5.41, 5.74) is 1.59. The van der Waals surface area contributed by atoms with E-state index < -0.39 is 10.8 Å².